The van der Waals surface area contributed by atoms with Crippen LogP contribution < -0.4 is 10.6 Å². The SMILES string of the molecule is CCC(N)Cc1ccccc1N1CCC(C)(CC)CC1. The first-order valence-corrected chi connectivity index (χ1v) is 8.16. The Morgan fingerprint density at radius 1 is 1.20 bits per heavy atom. The smallest absolute Gasteiger partial charge is 0.0399 e. The minimum Gasteiger partial charge on any atom is -0.371 e. The predicted molar refractivity (Wildman–Crippen MR) is 88.3 cm³/mol. The average Bonchev–Trinajstić information content (AvgIpc) is 2.49. The molecule has 0 spiro atoms. The van der Waals surface area contributed by atoms with E-state index in [0.29, 0.717) is 5.41 Å². The number of hydrogen-bond acceptors (Lipinski definition) is 2. The Bertz CT molecular complexity index is 419. The number of piperidine rings is 1. The van der Waals surface area contributed by atoms with Crippen LogP contribution in [0, 0.1) is 5.41 Å². The summed E-state index contributed by atoms with van der Waals surface area (Å²) in [6.07, 6.45) is 5.94. The van der Waals surface area contributed by atoms with Gasteiger partial charge in [0.2, 0.25) is 0 Å². The third-order valence-electron chi connectivity index (χ3n) is 5.16. The number of rotatable bonds is 5. The van der Waals surface area contributed by atoms with Crippen molar-refractivity contribution in [2.75, 3.05) is 18.0 Å². The number of benzene rings is 1. The van der Waals surface area contributed by atoms with E-state index in [9.17, 15) is 0 Å². The Kier molecular flexibility index (Phi) is 5.09. The molecule has 1 saturated heterocycles. The van der Waals surface area contributed by atoms with Crippen molar-refractivity contribution < 1.29 is 0 Å². The van der Waals surface area contributed by atoms with Crippen LogP contribution in [0.5, 0.6) is 0 Å². The molecule has 1 heterocycles. The van der Waals surface area contributed by atoms with E-state index in [1.807, 2.05) is 0 Å². The van der Waals surface area contributed by atoms with Gasteiger partial charge in [-0.25, -0.2) is 0 Å². The van der Waals surface area contributed by atoms with Crippen molar-refractivity contribution in [2.24, 2.45) is 11.1 Å². The van der Waals surface area contributed by atoms with Crippen LogP contribution in [-0.2, 0) is 6.42 Å². The Labute approximate surface area is 124 Å². The third-order valence-corrected chi connectivity index (χ3v) is 5.16. The summed E-state index contributed by atoms with van der Waals surface area (Å²) in [6.45, 7) is 9.29. The van der Waals surface area contributed by atoms with Crippen LogP contribution in [0.3, 0.4) is 0 Å². The molecule has 1 aliphatic heterocycles. The second kappa shape index (κ2) is 6.62. The van der Waals surface area contributed by atoms with Gasteiger partial charge >= 0.3 is 0 Å². The molecule has 1 aliphatic rings. The Morgan fingerprint density at radius 3 is 2.45 bits per heavy atom. The van der Waals surface area contributed by atoms with E-state index < -0.39 is 0 Å². The minimum atomic E-state index is 0.279. The molecule has 1 aromatic rings. The summed E-state index contributed by atoms with van der Waals surface area (Å²) in [5.74, 6) is 0. The van der Waals surface area contributed by atoms with Crippen molar-refractivity contribution in [3.05, 3.63) is 29.8 Å². The van der Waals surface area contributed by atoms with Crippen LogP contribution in [0.25, 0.3) is 0 Å². The molecule has 0 aliphatic carbocycles. The van der Waals surface area contributed by atoms with Crippen molar-refractivity contribution in [1.29, 1.82) is 0 Å². The number of para-hydroxylation sites is 1. The number of hydrogen-bond donors (Lipinski definition) is 1. The van der Waals surface area contributed by atoms with Gasteiger partial charge in [-0.3, -0.25) is 0 Å². The van der Waals surface area contributed by atoms with Crippen LogP contribution in [0.15, 0.2) is 24.3 Å². The van der Waals surface area contributed by atoms with Crippen molar-refractivity contribution in [3.63, 3.8) is 0 Å². The van der Waals surface area contributed by atoms with Crippen molar-refractivity contribution in [1.82, 2.24) is 0 Å². The van der Waals surface area contributed by atoms with Crippen LogP contribution in [0.4, 0.5) is 5.69 Å². The monoisotopic (exact) mass is 274 g/mol. The van der Waals surface area contributed by atoms with E-state index >= 15 is 0 Å². The highest BCUT2D eigenvalue weighted by Gasteiger charge is 2.28. The van der Waals surface area contributed by atoms with Gasteiger partial charge in [-0.2, -0.15) is 0 Å². The third kappa shape index (κ3) is 3.54. The van der Waals surface area contributed by atoms with Gasteiger partial charge in [0.15, 0.2) is 0 Å². The van der Waals surface area contributed by atoms with Crippen molar-refractivity contribution in [3.8, 4) is 0 Å². The normalized spacial score (nSPS) is 19.9. The zero-order chi connectivity index (χ0) is 14.6. The second-order valence-corrected chi connectivity index (χ2v) is 6.65. The van der Waals surface area contributed by atoms with Gasteiger partial charge in [-0.1, -0.05) is 45.4 Å². The van der Waals surface area contributed by atoms with Gasteiger partial charge < -0.3 is 10.6 Å². The van der Waals surface area contributed by atoms with Crippen molar-refractivity contribution in [2.45, 2.75) is 58.9 Å². The summed E-state index contributed by atoms with van der Waals surface area (Å²) in [5.41, 5.74) is 9.53. The topological polar surface area (TPSA) is 29.3 Å². The summed E-state index contributed by atoms with van der Waals surface area (Å²) in [5, 5.41) is 0. The van der Waals surface area contributed by atoms with Crippen LogP contribution in [-0.4, -0.2) is 19.1 Å². The lowest BCUT2D eigenvalue weighted by molar-refractivity contribution is 0.238. The van der Waals surface area contributed by atoms with E-state index in [0.717, 1.165) is 12.8 Å². The molecule has 1 unspecified atom stereocenters. The zero-order valence-electron chi connectivity index (χ0n) is 13.4. The van der Waals surface area contributed by atoms with Gasteiger partial charge in [-0.05, 0) is 42.7 Å². The predicted octanol–water partition coefficient (Wildman–Crippen LogP) is 3.98. The van der Waals surface area contributed by atoms with Gasteiger partial charge in [-0.15, -0.1) is 0 Å². The largest absolute Gasteiger partial charge is 0.371 e. The van der Waals surface area contributed by atoms with E-state index in [1.54, 1.807) is 0 Å². The molecule has 0 amide bonds. The van der Waals surface area contributed by atoms with E-state index in [4.69, 9.17) is 5.73 Å². The molecule has 2 heteroatoms. The molecule has 1 fully saturated rings. The molecular formula is C18H30N2. The van der Waals surface area contributed by atoms with Gasteiger partial charge in [0.05, 0.1) is 0 Å². The molecule has 0 radical (unpaired) electrons. The van der Waals surface area contributed by atoms with Gasteiger partial charge in [0, 0.05) is 24.8 Å². The summed E-state index contributed by atoms with van der Waals surface area (Å²) < 4.78 is 0. The first kappa shape index (κ1) is 15.4. The number of nitrogens with two attached hydrogens (primary N) is 1. The molecule has 0 bridgehead atoms. The highest BCUT2D eigenvalue weighted by Crippen LogP contribution is 2.36. The standard InChI is InChI=1S/C18H30N2/c1-4-16(19)14-15-8-6-7-9-17(15)20-12-10-18(3,5-2)11-13-20/h6-9,16H,4-5,10-14,19H2,1-3H3. The molecule has 0 aromatic heterocycles. The lowest BCUT2D eigenvalue weighted by Gasteiger charge is -2.40. The van der Waals surface area contributed by atoms with Crippen molar-refractivity contribution >= 4 is 5.69 Å². The maximum Gasteiger partial charge on any atom is 0.0399 e. The Hall–Kier alpha value is -1.02. The maximum absolute atomic E-state index is 6.15. The van der Waals surface area contributed by atoms with Gasteiger partial charge in [0.1, 0.15) is 0 Å². The van der Waals surface area contributed by atoms with Crippen LogP contribution in [0.1, 0.15) is 52.0 Å². The molecule has 2 N–H and O–H groups in total. The zero-order valence-corrected chi connectivity index (χ0v) is 13.4. The average molecular weight is 274 g/mol. The number of anilines is 1. The number of nitrogens with zero attached hydrogens (tertiary/aromatic N) is 1. The summed E-state index contributed by atoms with van der Waals surface area (Å²) in [6, 6.07) is 9.10. The van der Waals surface area contributed by atoms with Crippen LogP contribution >= 0.6 is 0 Å². The highest BCUT2D eigenvalue weighted by molar-refractivity contribution is 5.54. The van der Waals surface area contributed by atoms with E-state index in [1.165, 1.54) is 43.6 Å². The maximum atomic E-state index is 6.15. The summed E-state index contributed by atoms with van der Waals surface area (Å²) in [4.78, 5) is 2.56. The second-order valence-electron chi connectivity index (χ2n) is 6.65. The minimum absolute atomic E-state index is 0.279. The molecule has 2 rings (SSSR count). The molecule has 20 heavy (non-hydrogen) atoms. The molecule has 0 saturated carbocycles. The molecule has 1 atom stereocenters. The quantitative estimate of drug-likeness (QED) is 0.880. The fourth-order valence-corrected chi connectivity index (χ4v) is 3.06. The highest BCUT2D eigenvalue weighted by atomic mass is 15.1. The lowest BCUT2D eigenvalue weighted by Crippen LogP contribution is -2.39. The van der Waals surface area contributed by atoms with Gasteiger partial charge in [0.25, 0.3) is 0 Å². The molecular weight excluding hydrogens is 244 g/mol. The molecule has 112 valence electrons. The van der Waals surface area contributed by atoms with E-state index in [-0.39, 0.29) is 6.04 Å². The summed E-state index contributed by atoms with van der Waals surface area (Å²) in [7, 11) is 0. The lowest BCUT2D eigenvalue weighted by atomic mass is 9.78. The Balaban J connectivity index is 2.10. The first-order valence-electron chi connectivity index (χ1n) is 8.16. The molecule has 2 nitrogen and oxygen atoms in total. The fraction of sp³-hybridized carbons (Fsp3) is 0.667. The fourth-order valence-electron chi connectivity index (χ4n) is 3.06. The Morgan fingerprint density at radius 2 is 1.85 bits per heavy atom. The first-order chi connectivity index (χ1) is 9.58. The van der Waals surface area contributed by atoms with E-state index in [2.05, 4.69) is 49.9 Å². The van der Waals surface area contributed by atoms with Crippen LogP contribution in [0.2, 0.25) is 0 Å². The molecule has 1 aromatic carbocycles. The summed E-state index contributed by atoms with van der Waals surface area (Å²) >= 11 is 0.